The van der Waals surface area contributed by atoms with Gasteiger partial charge in [0.15, 0.2) is 0 Å². The molecule has 116 valence electrons. The van der Waals surface area contributed by atoms with E-state index in [1.165, 1.54) is 16.7 Å². The van der Waals surface area contributed by atoms with E-state index in [1.54, 1.807) is 6.21 Å². The molecule has 0 aliphatic carbocycles. The zero-order valence-electron chi connectivity index (χ0n) is 13.3. The van der Waals surface area contributed by atoms with Crippen LogP contribution in [0.4, 0.5) is 0 Å². The number of oxime groups is 1. The molecule has 2 aromatic carbocycles. The predicted molar refractivity (Wildman–Crippen MR) is 90.7 cm³/mol. The molecule has 0 aliphatic heterocycles. The number of nitrogens with zero attached hydrogens (tertiary/aromatic N) is 1. The molecule has 0 spiro atoms. The maximum absolute atomic E-state index is 5.66. The first-order valence-corrected chi connectivity index (χ1v) is 7.69. The summed E-state index contributed by atoms with van der Waals surface area (Å²) in [5, 5.41) is 3.78. The van der Waals surface area contributed by atoms with E-state index in [4.69, 9.17) is 9.57 Å². The second-order valence-electron chi connectivity index (χ2n) is 5.15. The maximum atomic E-state index is 5.66. The third kappa shape index (κ3) is 5.60. The molecule has 0 aliphatic rings. The number of rotatable bonds is 8. The van der Waals surface area contributed by atoms with Crippen molar-refractivity contribution < 1.29 is 9.57 Å². The Morgan fingerprint density at radius 3 is 2.59 bits per heavy atom. The van der Waals surface area contributed by atoms with Gasteiger partial charge in [0.25, 0.3) is 0 Å². The number of aryl methyl sites for hydroxylation is 1. The molecule has 0 saturated carbocycles. The molecule has 2 rings (SSSR count). The summed E-state index contributed by atoms with van der Waals surface area (Å²) in [4.78, 5) is 4.88. The average Bonchev–Trinajstić information content (AvgIpc) is 2.52. The van der Waals surface area contributed by atoms with Gasteiger partial charge in [-0.15, -0.1) is 0 Å². The summed E-state index contributed by atoms with van der Waals surface area (Å²) in [5.74, 6) is 0.887. The van der Waals surface area contributed by atoms with Gasteiger partial charge < -0.3 is 9.57 Å². The average molecular weight is 297 g/mol. The van der Waals surface area contributed by atoms with Gasteiger partial charge in [0.1, 0.15) is 12.4 Å². The van der Waals surface area contributed by atoms with E-state index in [-0.39, 0.29) is 0 Å². The van der Waals surface area contributed by atoms with Crippen LogP contribution >= 0.6 is 0 Å². The Hall–Kier alpha value is -2.29. The zero-order chi connectivity index (χ0) is 15.6. The minimum atomic E-state index is 0.597. The molecular formula is C19H23NO2. The van der Waals surface area contributed by atoms with Crippen molar-refractivity contribution in [2.45, 2.75) is 26.7 Å². The van der Waals surface area contributed by atoms with E-state index in [0.717, 1.165) is 18.6 Å². The fraction of sp³-hybridized carbons (Fsp3) is 0.316. The van der Waals surface area contributed by atoms with Crippen molar-refractivity contribution in [1.82, 2.24) is 0 Å². The molecule has 0 atom stereocenters. The molecule has 0 radical (unpaired) electrons. The van der Waals surface area contributed by atoms with Crippen LogP contribution in [0.25, 0.3) is 0 Å². The van der Waals surface area contributed by atoms with Crippen molar-refractivity contribution in [2.24, 2.45) is 5.16 Å². The first-order valence-electron chi connectivity index (χ1n) is 7.69. The van der Waals surface area contributed by atoms with E-state index < -0.39 is 0 Å². The van der Waals surface area contributed by atoms with Crippen LogP contribution in [0.2, 0.25) is 0 Å². The molecule has 0 saturated heterocycles. The van der Waals surface area contributed by atoms with Gasteiger partial charge in [0, 0.05) is 12.6 Å². The number of hydrogen-bond acceptors (Lipinski definition) is 3. The van der Waals surface area contributed by atoms with E-state index in [9.17, 15) is 0 Å². The molecule has 0 heterocycles. The molecule has 0 amide bonds. The third-order valence-corrected chi connectivity index (χ3v) is 3.21. The summed E-state index contributed by atoms with van der Waals surface area (Å²) in [7, 11) is 0. The second-order valence-corrected chi connectivity index (χ2v) is 5.15. The van der Waals surface area contributed by atoms with Gasteiger partial charge in [-0.25, -0.2) is 0 Å². The Morgan fingerprint density at radius 2 is 1.86 bits per heavy atom. The van der Waals surface area contributed by atoms with Crippen molar-refractivity contribution in [3.63, 3.8) is 0 Å². The quantitative estimate of drug-likeness (QED) is 0.411. The monoisotopic (exact) mass is 297 g/mol. The molecule has 22 heavy (non-hydrogen) atoms. The first-order chi connectivity index (χ1) is 10.8. The molecule has 0 unspecified atom stereocenters. The smallest absolute Gasteiger partial charge is 0.119 e. The van der Waals surface area contributed by atoms with Crippen LogP contribution in [0.3, 0.4) is 0 Å². The van der Waals surface area contributed by atoms with Crippen LogP contribution in [0, 0.1) is 6.92 Å². The fourth-order valence-electron chi connectivity index (χ4n) is 2.17. The molecule has 0 N–H and O–H groups in total. The zero-order valence-corrected chi connectivity index (χ0v) is 13.3. The van der Waals surface area contributed by atoms with Crippen molar-refractivity contribution in [2.75, 3.05) is 13.2 Å². The van der Waals surface area contributed by atoms with Crippen molar-refractivity contribution >= 4 is 6.21 Å². The molecule has 2 aromatic rings. The van der Waals surface area contributed by atoms with Gasteiger partial charge in [0.05, 0.1) is 6.61 Å². The molecule has 0 fully saturated rings. The molecule has 3 heteroatoms. The summed E-state index contributed by atoms with van der Waals surface area (Å²) < 4.78 is 5.66. The SMILES string of the molecule is CCO/N=C/CCOc1ccc(Cc2cccc(C)c2)cc1. The third-order valence-electron chi connectivity index (χ3n) is 3.21. The number of ether oxygens (including phenoxy) is 1. The minimum absolute atomic E-state index is 0.597. The Balaban J connectivity index is 1.80. The molecule has 3 nitrogen and oxygen atoms in total. The number of hydrogen-bond donors (Lipinski definition) is 0. The van der Waals surface area contributed by atoms with Crippen LogP contribution < -0.4 is 4.74 Å². The first kappa shape index (κ1) is 16.1. The van der Waals surface area contributed by atoms with E-state index in [2.05, 4.69) is 48.5 Å². The van der Waals surface area contributed by atoms with E-state index in [0.29, 0.717) is 13.2 Å². The van der Waals surface area contributed by atoms with Gasteiger partial charge in [0.2, 0.25) is 0 Å². The summed E-state index contributed by atoms with van der Waals surface area (Å²) >= 11 is 0. The lowest BCUT2D eigenvalue weighted by Gasteiger charge is -2.07. The highest BCUT2D eigenvalue weighted by Crippen LogP contribution is 2.16. The number of benzene rings is 2. The van der Waals surface area contributed by atoms with Gasteiger partial charge in [-0.2, -0.15) is 0 Å². The van der Waals surface area contributed by atoms with Gasteiger partial charge in [-0.1, -0.05) is 47.1 Å². The van der Waals surface area contributed by atoms with Gasteiger partial charge in [-0.05, 0) is 43.5 Å². The highest BCUT2D eigenvalue weighted by atomic mass is 16.6. The lowest BCUT2D eigenvalue weighted by Crippen LogP contribution is -1.98. The van der Waals surface area contributed by atoms with Crippen LogP contribution in [-0.4, -0.2) is 19.4 Å². The van der Waals surface area contributed by atoms with Crippen LogP contribution in [0.1, 0.15) is 30.0 Å². The van der Waals surface area contributed by atoms with E-state index >= 15 is 0 Å². The lowest BCUT2D eigenvalue weighted by molar-refractivity contribution is 0.159. The normalized spacial score (nSPS) is 10.8. The Morgan fingerprint density at radius 1 is 1.05 bits per heavy atom. The highest BCUT2D eigenvalue weighted by molar-refractivity contribution is 5.56. The summed E-state index contributed by atoms with van der Waals surface area (Å²) in [6.45, 7) is 5.23. The van der Waals surface area contributed by atoms with Gasteiger partial charge in [-0.3, -0.25) is 0 Å². The Labute approximate surface area is 132 Å². The minimum Gasteiger partial charge on any atom is -0.493 e. The summed E-state index contributed by atoms with van der Waals surface area (Å²) in [6, 6.07) is 16.9. The Bertz CT molecular complexity index is 591. The largest absolute Gasteiger partial charge is 0.493 e. The standard InChI is InChI=1S/C19H23NO2/c1-3-22-20-12-5-13-21-19-10-8-17(9-11-19)15-18-7-4-6-16(2)14-18/h4,6-12,14H,3,5,13,15H2,1-2H3/b20-12+. The fourth-order valence-corrected chi connectivity index (χ4v) is 2.17. The van der Waals surface area contributed by atoms with Crippen LogP contribution in [0.15, 0.2) is 53.7 Å². The summed E-state index contributed by atoms with van der Waals surface area (Å²) in [6.07, 6.45) is 3.42. The molecular weight excluding hydrogens is 274 g/mol. The van der Waals surface area contributed by atoms with Crippen LogP contribution in [-0.2, 0) is 11.3 Å². The second kappa shape index (κ2) is 8.88. The Kier molecular flexibility index (Phi) is 6.49. The van der Waals surface area contributed by atoms with Crippen LogP contribution in [0.5, 0.6) is 5.75 Å². The predicted octanol–water partition coefficient (Wildman–Crippen LogP) is 4.38. The van der Waals surface area contributed by atoms with Crippen molar-refractivity contribution in [3.05, 3.63) is 65.2 Å². The maximum Gasteiger partial charge on any atom is 0.119 e. The van der Waals surface area contributed by atoms with Gasteiger partial charge >= 0.3 is 0 Å². The summed E-state index contributed by atoms with van der Waals surface area (Å²) in [5.41, 5.74) is 3.92. The highest BCUT2D eigenvalue weighted by Gasteiger charge is 1.98. The van der Waals surface area contributed by atoms with E-state index in [1.807, 2.05) is 19.1 Å². The topological polar surface area (TPSA) is 30.8 Å². The lowest BCUT2D eigenvalue weighted by atomic mass is 10.0. The van der Waals surface area contributed by atoms with Crippen molar-refractivity contribution in [3.8, 4) is 5.75 Å². The molecule has 0 aromatic heterocycles. The molecule has 0 bridgehead atoms. The van der Waals surface area contributed by atoms with Crippen molar-refractivity contribution in [1.29, 1.82) is 0 Å².